The second-order valence-electron chi connectivity index (χ2n) is 5.82. The van der Waals surface area contributed by atoms with Crippen LogP contribution < -0.4 is 0 Å². The maximum Gasteiger partial charge on any atom is -0.0388 e. The average Bonchev–Trinajstić information content (AvgIpc) is 2.44. The Bertz CT molecular complexity index is 150. The van der Waals surface area contributed by atoms with Gasteiger partial charge < -0.3 is 0 Å². The van der Waals surface area contributed by atoms with Crippen LogP contribution in [0.25, 0.3) is 0 Å². The summed E-state index contributed by atoms with van der Waals surface area (Å²) in [5.41, 5.74) is 0. The second kappa shape index (κ2) is 7.30. The van der Waals surface area contributed by atoms with Crippen LogP contribution in [0.4, 0.5) is 0 Å². The zero-order valence-electron chi connectivity index (χ0n) is 11.1. The molecule has 0 saturated heterocycles. The highest BCUT2D eigenvalue weighted by molar-refractivity contribution is 4.71. The Morgan fingerprint density at radius 1 is 1.13 bits per heavy atom. The highest BCUT2D eigenvalue weighted by Gasteiger charge is 2.19. The van der Waals surface area contributed by atoms with E-state index in [1.807, 2.05) is 0 Å². The molecule has 1 fully saturated rings. The SMILES string of the molecule is CCC(C)CCCC1CCCCCC1C. The number of hydrogen-bond acceptors (Lipinski definition) is 0. The number of hydrogen-bond donors (Lipinski definition) is 0. The van der Waals surface area contributed by atoms with Crippen molar-refractivity contribution in [1.82, 2.24) is 0 Å². The Labute approximate surface area is 96.8 Å². The fraction of sp³-hybridized carbons (Fsp3) is 1.00. The van der Waals surface area contributed by atoms with E-state index in [0.717, 1.165) is 17.8 Å². The Morgan fingerprint density at radius 2 is 1.87 bits per heavy atom. The Morgan fingerprint density at radius 3 is 2.60 bits per heavy atom. The predicted octanol–water partition coefficient (Wildman–Crippen LogP) is 5.42. The normalized spacial score (nSPS) is 29.8. The van der Waals surface area contributed by atoms with E-state index < -0.39 is 0 Å². The Hall–Kier alpha value is 0. The molecule has 1 saturated carbocycles. The first-order valence-corrected chi connectivity index (χ1v) is 7.24. The molecular weight excluding hydrogens is 180 g/mol. The molecule has 0 spiro atoms. The summed E-state index contributed by atoms with van der Waals surface area (Å²) < 4.78 is 0. The van der Waals surface area contributed by atoms with Gasteiger partial charge in [0.15, 0.2) is 0 Å². The van der Waals surface area contributed by atoms with Crippen LogP contribution in [-0.2, 0) is 0 Å². The maximum atomic E-state index is 2.49. The fourth-order valence-corrected chi connectivity index (χ4v) is 2.93. The summed E-state index contributed by atoms with van der Waals surface area (Å²) in [6.07, 6.45) is 13.3. The van der Waals surface area contributed by atoms with Crippen LogP contribution in [-0.4, -0.2) is 0 Å². The standard InChI is InChI=1S/C15H30/c1-4-13(2)9-8-12-15-11-7-5-6-10-14(15)3/h13-15H,4-12H2,1-3H3. The fourth-order valence-electron chi connectivity index (χ4n) is 2.93. The van der Waals surface area contributed by atoms with Gasteiger partial charge in [-0.3, -0.25) is 0 Å². The summed E-state index contributed by atoms with van der Waals surface area (Å²) in [7, 11) is 0. The van der Waals surface area contributed by atoms with Gasteiger partial charge in [-0.15, -0.1) is 0 Å². The Kier molecular flexibility index (Phi) is 6.36. The summed E-state index contributed by atoms with van der Waals surface area (Å²) in [6.45, 7) is 7.20. The molecule has 0 bridgehead atoms. The minimum Gasteiger partial charge on any atom is -0.0651 e. The van der Waals surface area contributed by atoms with Gasteiger partial charge in [-0.2, -0.15) is 0 Å². The summed E-state index contributed by atoms with van der Waals surface area (Å²) in [4.78, 5) is 0. The molecule has 0 amide bonds. The summed E-state index contributed by atoms with van der Waals surface area (Å²) in [5.74, 6) is 3.01. The molecule has 0 radical (unpaired) electrons. The van der Waals surface area contributed by atoms with Gasteiger partial charge in [0.1, 0.15) is 0 Å². The molecule has 1 aliphatic rings. The van der Waals surface area contributed by atoms with E-state index in [9.17, 15) is 0 Å². The van der Waals surface area contributed by atoms with E-state index in [1.165, 1.54) is 57.8 Å². The molecular formula is C15H30. The van der Waals surface area contributed by atoms with Crippen molar-refractivity contribution in [3.63, 3.8) is 0 Å². The zero-order chi connectivity index (χ0) is 11.1. The van der Waals surface area contributed by atoms with Crippen molar-refractivity contribution < 1.29 is 0 Å². The van der Waals surface area contributed by atoms with Crippen LogP contribution >= 0.6 is 0 Å². The lowest BCUT2D eigenvalue weighted by Gasteiger charge is -2.21. The molecule has 15 heavy (non-hydrogen) atoms. The molecule has 3 unspecified atom stereocenters. The van der Waals surface area contributed by atoms with E-state index in [1.54, 1.807) is 0 Å². The van der Waals surface area contributed by atoms with Crippen LogP contribution in [0.3, 0.4) is 0 Å². The van der Waals surface area contributed by atoms with E-state index in [-0.39, 0.29) is 0 Å². The number of rotatable bonds is 5. The van der Waals surface area contributed by atoms with Gasteiger partial charge in [0, 0.05) is 0 Å². The topological polar surface area (TPSA) is 0 Å². The molecule has 0 aromatic rings. The summed E-state index contributed by atoms with van der Waals surface area (Å²) >= 11 is 0. The van der Waals surface area contributed by atoms with E-state index in [4.69, 9.17) is 0 Å². The van der Waals surface area contributed by atoms with Crippen molar-refractivity contribution in [2.75, 3.05) is 0 Å². The zero-order valence-corrected chi connectivity index (χ0v) is 11.1. The lowest BCUT2D eigenvalue weighted by atomic mass is 9.84. The molecule has 1 aliphatic carbocycles. The van der Waals surface area contributed by atoms with Crippen LogP contribution in [0.1, 0.15) is 78.6 Å². The Balaban J connectivity index is 2.17. The van der Waals surface area contributed by atoms with Gasteiger partial charge in [-0.1, -0.05) is 78.6 Å². The highest BCUT2D eigenvalue weighted by atomic mass is 14.2. The van der Waals surface area contributed by atoms with Crippen molar-refractivity contribution >= 4 is 0 Å². The monoisotopic (exact) mass is 210 g/mol. The lowest BCUT2D eigenvalue weighted by Crippen LogP contribution is -2.10. The van der Waals surface area contributed by atoms with Crippen LogP contribution in [0.5, 0.6) is 0 Å². The molecule has 0 aromatic carbocycles. The molecule has 0 heterocycles. The van der Waals surface area contributed by atoms with Crippen molar-refractivity contribution in [3.8, 4) is 0 Å². The van der Waals surface area contributed by atoms with Crippen molar-refractivity contribution in [2.45, 2.75) is 78.6 Å². The van der Waals surface area contributed by atoms with Crippen LogP contribution in [0, 0.1) is 17.8 Å². The highest BCUT2D eigenvalue weighted by Crippen LogP contribution is 2.32. The van der Waals surface area contributed by atoms with E-state index >= 15 is 0 Å². The third-order valence-electron chi connectivity index (χ3n) is 4.51. The van der Waals surface area contributed by atoms with Gasteiger partial charge in [0.25, 0.3) is 0 Å². The second-order valence-corrected chi connectivity index (χ2v) is 5.82. The van der Waals surface area contributed by atoms with E-state index in [2.05, 4.69) is 20.8 Å². The summed E-state index contributed by atoms with van der Waals surface area (Å²) in [6, 6.07) is 0. The van der Waals surface area contributed by atoms with Crippen LogP contribution in [0.15, 0.2) is 0 Å². The third-order valence-corrected chi connectivity index (χ3v) is 4.51. The first-order valence-electron chi connectivity index (χ1n) is 7.24. The van der Waals surface area contributed by atoms with Crippen LogP contribution in [0.2, 0.25) is 0 Å². The minimum absolute atomic E-state index is 0.950. The molecule has 90 valence electrons. The smallest absolute Gasteiger partial charge is 0.0388 e. The summed E-state index contributed by atoms with van der Waals surface area (Å²) in [5, 5.41) is 0. The lowest BCUT2D eigenvalue weighted by molar-refractivity contribution is 0.299. The largest absolute Gasteiger partial charge is 0.0651 e. The van der Waals surface area contributed by atoms with E-state index in [0.29, 0.717) is 0 Å². The van der Waals surface area contributed by atoms with Crippen molar-refractivity contribution in [3.05, 3.63) is 0 Å². The van der Waals surface area contributed by atoms with Crippen molar-refractivity contribution in [1.29, 1.82) is 0 Å². The molecule has 0 aromatic heterocycles. The molecule has 0 N–H and O–H groups in total. The molecule has 0 aliphatic heterocycles. The molecule has 0 heteroatoms. The quantitative estimate of drug-likeness (QED) is 0.532. The third kappa shape index (κ3) is 5.04. The van der Waals surface area contributed by atoms with Crippen molar-refractivity contribution in [2.24, 2.45) is 17.8 Å². The molecule has 3 atom stereocenters. The van der Waals surface area contributed by atoms with Gasteiger partial charge in [0.05, 0.1) is 0 Å². The van der Waals surface area contributed by atoms with Gasteiger partial charge in [0.2, 0.25) is 0 Å². The minimum atomic E-state index is 0.950. The first-order chi connectivity index (χ1) is 7.24. The molecule has 0 nitrogen and oxygen atoms in total. The molecule has 1 rings (SSSR count). The predicted molar refractivity (Wildman–Crippen MR) is 69.0 cm³/mol. The van der Waals surface area contributed by atoms with Gasteiger partial charge in [-0.25, -0.2) is 0 Å². The van der Waals surface area contributed by atoms with Gasteiger partial charge in [-0.05, 0) is 17.8 Å². The maximum absolute atomic E-state index is 2.49. The average molecular weight is 210 g/mol. The van der Waals surface area contributed by atoms with Gasteiger partial charge >= 0.3 is 0 Å². The first kappa shape index (κ1) is 13.1.